The van der Waals surface area contributed by atoms with Crippen molar-refractivity contribution in [1.82, 2.24) is 9.80 Å². The van der Waals surface area contributed by atoms with Crippen molar-refractivity contribution < 1.29 is 19.2 Å². The molecule has 0 aromatic heterocycles. The highest BCUT2D eigenvalue weighted by Crippen LogP contribution is 2.23. The highest BCUT2D eigenvalue weighted by molar-refractivity contribution is 5.97. The second-order valence-electron chi connectivity index (χ2n) is 8.54. The van der Waals surface area contributed by atoms with Gasteiger partial charge in [-0.25, -0.2) is 0 Å². The highest BCUT2D eigenvalue weighted by atomic mass is 16.6. The Bertz CT molecular complexity index is 1200. The lowest BCUT2D eigenvalue weighted by molar-refractivity contribution is -0.384. The molecule has 8 nitrogen and oxygen atoms in total. The predicted octanol–water partition coefficient (Wildman–Crippen LogP) is 4.09. The van der Waals surface area contributed by atoms with Crippen LogP contribution < -0.4 is 4.74 Å². The van der Waals surface area contributed by atoms with Crippen LogP contribution in [0.3, 0.4) is 0 Å². The lowest BCUT2D eigenvalue weighted by atomic mass is 10.00. The molecule has 0 radical (unpaired) electrons. The maximum absolute atomic E-state index is 13.3. The number of carbonyl (C=O) groups is 2. The molecule has 35 heavy (non-hydrogen) atoms. The number of benzene rings is 3. The average molecular weight is 474 g/mol. The molecule has 1 aliphatic heterocycles. The van der Waals surface area contributed by atoms with Crippen LogP contribution >= 0.6 is 0 Å². The van der Waals surface area contributed by atoms with Crippen molar-refractivity contribution in [3.8, 4) is 5.75 Å². The number of nitrogens with zero attached hydrogens (tertiary/aromatic N) is 3. The maximum atomic E-state index is 13.3. The number of hydrogen-bond donors (Lipinski definition) is 0. The van der Waals surface area contributed by atoms with Crippen LogP contribution in [-0.4, -0.2) is 52.8 Å². The van der Waals surface area contributed by atoms with Gasteiger partial charge in [0, 0.05) is 30.8 Å². The number of rotatable bonds is 8. The van der Waals surface area contributed by atoms with Crippen molar-refractivity contribution in [3.05, 3.63) is 106 Å². The van der Waals surface area contributed by atoms with E-state index in [4.69, 9.17) is 4.74 Å². The molecule has 1 heterocycles. The second kappa shape index (κ2) is 10.8. The van der Waals surface area contributed by atoms with Gasteiger partial charge in [-0.15, -0.1) is 0 Å². The monoisotopic (exact) mass is 473 g/mol. The SMILES string of the molecule is COc1ccc(C(=O)N2CC(=O)N(Cc3cccc([N+](=O)[O-])c3)[C@@H](CCc3ccccc3)C2)cc1. The number of piperazine rings is 1. The first-order valence-electron chi connectivity index (χ1n) is 11.4. The van der Waals surface area contributed by atoms with Gasteiger partial charge < -0.3 is 14.5 Å². The molecule has 0 unspecified atom stereocenters. The smallest absolute Gasteiger partial charge is 0.269 e. The van der Waals surface area contributed by atoms with Crippen molar-refractivity contribution in [2.45, 2.75) is 25.4 Å². The molecule has 0 bridgehead atoms. The molecule has 2 amide bonds. The van der Waals surface area contributed by atoms with Crippen LogP contribution in [-0.2, 0) is 17.8 Å². The Balaban J connectivity index is 1.55. The zero-order chi connectivity index (χ0) is 24.8. The molecule has 3 aromatic rings. The molecule has 180 valence electrons. The molecule has 0 saturated carbocycles. The molecule has 8 heteroatoms. The normalized spacial score (nSPS) is 15.7. The molecule has 1 fully saturated rings. The van der Waals surface area contributed by atoms with E-state index in [0.717, 1.165) is 12.0 Å². The van der Waals surface area contributed by atoms with E-state index >= 15 is 0 Å². The zero-order valence-corrected chi connectivity index (χ0v) is 19.5. The van der Waals surface area contributed by atoms with Crippen molar-refractivity contribution in [1.29, 1.82) is 0 Å². The van der Waals surface area contributed by atoms with Crippen LogP contribution in [0.4, 0.5) is 5.69 Å². The third kappa shape index (κ3) is 5.84. The molecular weight excluding hydrogens is 446 g/mol. The Kier molecular flexibility index (Phi) is 7.40. The molecule has 1 saturated heterocycles. The third-order valence-electron chi connectivity index (χ3n) is 6.23. The Labute approximate surface area is 203 Å². The lowest BCUT2D eigenvalue weighted by Crippen LogP contribution is -2.57. The number of amides is 2. The first-order valence-corrected chi connectivity index (χ1v) is 11.4. The van der Waals surface area contributed by atoms with Crippen LogP contribution in [0.15, 0.2) is 78.9 Å². The number of ether oxygens (including phenoxy) is 1. The summed E-state index contributed by atoms with van der Waals surface area (Å²) in [4.78, 5) is 40.5. The molecule has 4 rings (SSSR count). The van der Waals surface area contributed by atoms with Gasteiger partial charge in [0.15, 0.2) is 0 Å². The first-order chi connectivity index (χ1) is 16.9. The minimum atomic E-state index is -0.441. The first kappa shape index (κ1) is 23.9. The number of nitro groups is 1. The van der Waals surface area contributed by atoms with Gasteiger partial charge in [0.1, 0.15) is 12.3 Å². The summed E-state index contributed by atoms with van der Waals surface area (Å²) in [6.45, 7) is 0.602. The highest BCUT2D eigenvalue weighted by Gasteiger charge is 2.35. The number of non-ortho nitro benzene ring substituents is 1. The summed E-state index contributed by atoms with van der Waals surface area (Å²) in [5.41, 5.74) is 2.32. The number of carbonyl (C=O) groups excluding carboxylic acids is 2. The van der Waals surface area contributed by atoms with Gasteiger partial charge >= 0.3 is 0 Å². The van der Waals surface area contributed by atoms with E-state index in [1.807, 2.05) is 30.3 Å². The zero-order valence-electron chi connectivity index (χ0n) is 19.5. The van der Waals surface area contributed by atoms with Gasteiger partial charge in [-0.2, -0.15) is 0 Å². The third-order valence-corrected chi connectivity index (χ3v) is 6.23. The minimum absolute atomic E-state index is 0.0101. The summed E-state index contributed by atoms with van der Waals surface area (Å²) in [5, 5.41) is 11.2. The van der Waals surface area contributed by atoms with Gasteiger partial charge in [0.2, 0.25) is 5.91 Å². The number of nitro benzene ring substituents is 1. The van der Waals surface area contributed by atoms with Crippen LogP contribution in [0.5, 0.6) is 5.75 Å². The summed E-state index contributed by atoms with van der Waals surface area (Å²) >= 11 is 0. The van der Waals surface area contributed by atoms with Crippen LogP contribution in [0, 0.1) is 10.1 Å². The van der Waals surface area contributed by atoms with Crippen LogP contribution in [0.1, 0.15) is 27.9 Å². The second-order valence-corrected chi connectivity index (χ2v) is 8.54. The summed E-state index contributed by atoms with van der Waals surface area (Å²) < 4.78 is 5.17. The van der Waals surface area contributed by atoms with Gasteiger partial charge in [0.05, 0.1) is 18.1 Å². The van der Waals surface area contributed by atoms with Gasteiger partial charge in [-0.3, -0.25) is 19.7 Å². The van der Waals surface area contributed by atoms with Gasteiger partial charge in [0.25, 0.3) is 11.6 Å². The van der Waals surface area contributed by atoms with E-state index in [1.54, 1.807) is 53.3 Å². The number of hydrogen-bond acceptors (Lipinski definition) is 5. The lowest BCUT2D eigenvalue weighted by Gasteiger charge is -2.41. The van der Waals surface area contributed by atoms with E-state index in [1.165, 1.54) is 12.1 Å². The fourth-order valence-electron chi connectivity index (χ4n) is 4.35. The summed E-state index contributed by atoms with van der Waals surface area (Å²) in [5.74, 6) is 0.267. The van der Waals surface area contributed by atoms with Crippen LogP contribution in [0.25, 0.3) is 0 Å². The summed E-state index contributed by atoms with van der Waals surface area (Å²) in [7, 11) is 1.56. The molecule has 0 aliphatic carbocycles. The Morgan fingerprint density at radius 3 is 2.43 bits per heavy atom. The van der Waals surface area contributed by atoms with E-state index in [9.17, 15) is 19.7 Å². The average Bonchev–Trinajstić information content (AvgIpc) is 2.89. The predicted molar refractivity (Wildman–Crippen MR) is 131 cm³/mol. The molecular formula is C27H27N3O5. The Morgan fingerprint density at radius 2 is 1.74 bits per heavy atom. The van der Waals surface area contributed by atoms with Crippen molar-refractivity contribution in [3.63, 3.8) is 0 Å². The fourth-order valence-corrected chi connectivity index (χ4v) is 4.35. The Morgan fingerprint density at radius 1 is 1.03 bits per heavy atom. The maximum Gasteiger partial charge on any atom is 0.269 e. The fraction of sp³-hybridized carbons (Fsp3) is 0.259. The summed E-state index contributed by atoms with van der Waals surface area (Å²) in [6, 6.07) is 22.9. The largest absolute Gasteiger partial charge is 0.497 e. The van der Waals surface area contributed by atoms with E-state index in [2.05, 4.69) is 0 Å². The topological polar surface area (TPSA) is 93.0 Å². The number of methoxy groups -OCH3 is 1. The van der Waals surface area contributed by atoms with E-state index in [0.29, 0.717) is 29.8 Å². The Hall–Kier alpha value is -4.20. The number of aryl methyl sites for hydroxylation is 1. The molecule has 1 atom stereocenters. The van der Waals surface area contributed by atoms with Crippen molar-refractivity contribution in [2.24, 2.45) is 0 Å². The van der Waals surface area contributed by atoms with Crippen molar-refractivity contribution in [2.75, 3.05) is 20.2 Å². The summed E-state index contributed by atoms with van der Waals surface area (Å²) in [6.07, 6.45) is 1.41. The minimum Gasteiger partial charge on any atom is -0.497 e. The molecule has 0 spiro atoms. The quantitative estimate of drug-likeness (QED) is 0.363. The molecule has 3 aromatic carbocycles. The van der Waals surface area contributed by atoms with Gasteiger partial charge in [-0.05, 0) is 48.2 Å². The van der Waals surface area contributed by atoms with Gasteiger partial charge in [-0.1, -0.05) is 42.5 Å². The molecule has 0 N–H and O–H groups in total. The van der Waals surface area contributed by atoms with E-state index < -0.39 is 4.92 Å². The standard InChI is InChI=1S/C27H27N3O5/c1-35-25-14-11-22(12-15-25)27(32)28-18-24(13-10-20-6-3-2-4-7-20)29(26(31)19-28)17-21-8-5-9-23(16-21)30(33)34/h2-9,11-12,14-16,24H,10,13,17-19H2,1H3/t24-/m0/s1. The van der Waals surface area contributed by atoms with Crippen molar-refractivity contribution >= 4 is 17.5 Å². The van der Waals surface area contributed by atoms with Crippen LogP contribution in [0.2, 0.25) is 0 Å². The van der Waals surface area contributed by atoms with E-state index in [-0.39, 0.29) is 36.6 Å². The molecule has 1 aliphatic rings.